The number of aliphatic carboxylic acids is 1. The van der Waals surface area contributed by atoms with Crippen LogP contribution < -0.4 is 19.3 Å². The monoisotopic (exact) mass is 679 g/mol. The van der Waals surface area contributed by atoms with Gasteiger partial charge in [-0.25, -0.2) is 4.98 Å². The van der Waals surface area contributed by atoms with Gasteiger partial charge in [-0.1, -0.05) is 6.07 Å². The summed E-state index contributed by atoms with van der Waals surface area (Å²) in [6.07, 6.45) is -4.88. The van der Waals surface area contributed by atoms with Crippen LogP contribution in [0.3, 0.4) is 0 Å². The summed E-state index contributed by atoms with van der Waals surface area (Å²) in [6, 6.07) is 11.1. The minimum Gasteiger partial charge on any atom is -0.497 e. The van der Waals surface area contributed by atoms with Crippen molar-refractivity contribution in [2.45, 2.75) is 50.4 Å². The van der Waals surface area contributed by atoms with Crippen molar-refractivity contribution in [3.05, 3.63) is 77.5 Å². The van der Waals surface area contributed by atoms with Gasteiger partial charge in [0, 0.05) is 37.1 Å². The lowest BCUT2D eigenvalue weighted by molar-refractivity contribution is -0.138. The Bertz CT molecular complexity index is 1600. The molecular weight excluding hydrogens is 644 g/mol. The van der Waals surface area contributed by atoms with Crippen LogP contribution in [-0.4, -0.2) is 61.5 Å². The lowest BCUT2D eigenvalue weighted by atomic mass is 9.92. The molecule has 1 saturated heterocycles. The molecule has 14 heteroatoms. The highest BCUT2D eigenvalue weighted by molar-refractivity contribution is 6.10. The Morgan fingerprint density at radius 1 is 1.00 bits per heavy atom. The number of piperidine rings is 1. The Kier molecular flexibility index (Phi) is 10.4. The van der Waals surface area contributed by atoms with Gasteiger partial charge >= 0.3 is 18.3 Å². The molecule has 8 nitrogen and oxygen atoms in total. The molecule has 2 heterocycles. The van der Waals surface area contributed by atoms with Gasteiger partial charge in [0.1, 0.15) is 12.3 Å². The third-order valence-corrected chi connectivity index (χ3v) is 8.70. The van der Waals surface area contributed by atoms with Gasteiger partial charge in [0.25, 0.3) is 5.91 Å². The summed E-state index contributed by atoms with van der Waals surface area (Å²) >= 11 is 0. The Hall–Kier alpha value is -4.49. The van der Waals surface area contributed by atoms with Crippen molar-refractivity contribution >= 4 is 23.3 Å². The van der Waals surface area contributed by atoms with Crippen LogP contribution in [0.1, 0.15) is 59.5 Å². The van der Waals surface area contributed by atoms with E-state index in [1.54, 1.807) is 12.3 Å². The summed E-state index contributed by atoms with van der Waals surface area (Å²) < 4.78 is 92.6. The number of nitrogens with zero attached hydrogens (tertiary/aromatic N) is 3. The fourth-order valence-electron chi connectivity index (χ4n) is 6.06. The number of alkyl halides is 6. The molecule has 1 N–H and O–H groups in total. The Morgan fingerprint density at radius 2 is 1.73 bits per heavy atom. The van der Waals surface area contributed by atoms with Crippen molar-refractivity contribution < 1.29 is 50.5 Å². The van der Waals surface area contributed by atoms with Crippen LogP contribution in [0.4, 0.5) is 37.7 Å². The normalized spacial score (nSPS) is 16.4. The molecule has 1 aliphatic carbocycles. The number of methoxy groups -OCH3 is 1. The van der Waals surface area contributed by atoms with E-state index in [4.69, 9.17) is 9.47 Å². The number of rotatable bonds is 12. The van der Waals surface area contributed by atoms with Gasteiger partial charge in [0.2, 0.25) is 5.88 Å². The number of aromatic nitrogens is 1. The molecule has 1 saturated carbocycles. The van der Waals surface area contributed by atoms with Crippen LogP contribution in [0.5, 0.6) is 11.6 Å². The summed E-state index contributed by atoms with van der Waals surface area (Å²) in [4.78, 5) is 31.6. The number of anilines is 2. The molecule has 0 radical (unpaired) electrons. The van der Waals surface area contributed by atoms with E-state index in [1.807, 2.05) is 11.0 Å². The zero-order valence-corrected chi connectivity index (χ0v) is 26.1. The van der Waals surface area contributed by atoms with E-state index in [2.05, 4.69) is 4.98 Å². The van der Waals surface area contributed by atoms with Crippen molar-refractivity contribution in [3.8, 4) is 11.6 Å². The van der Waals surface area contributed by atoms with E-state index < -0.39 is 42.0 Å². The highest BCUT2D eigenvalue weighted by Crippen LogP contribution is 2.45. The molecule has 3 aromatic rings. The first kappa shape index (κ1) is 34.8. The minimum absolute atomic E-state index is 0.0370. The maximum atomic E-state index is 13.8. The molecule has 0 spiro atoms. The summed E-state index contributed by atoms with van der Waals surface area (Å²) in [5.41, 5.74) is -0.644. The second-order valence-corrected chi connectivity index (χ2v) is 12.1. The molecule has 1 aromatic heterocycles. The summed E-state index contributed by atoms with van der Waals surface area (Å²) in [5, 5.41) is 9.34. The average molecular weight is 680 g/mol. The fourth-order valence-corrected chi connectivity index (χ4v) is 6.06. The summed E-state index contributed by atoms with van der Waals surface area (Å²) in [7, 11) is 1.40. The fraction of sp³-hybridized carbons (Fsp3) is 0.441. The number of pyridine rings is 1. The maximum absolute atomic E-state index is 13.8. The van der Waals surface area contributed by atoms with Crippen molar-refractivity contribution in [2.75, 3.05) is 43.2 Å². The highest BCUT2D eigenvalue weighted by Gasteiger charge is 2.38. The van der Waals surface area contributed by atoms with E-state index in [9.17, 15) is 41.0 Å². The van der Waals surface area contributed by atoms with Crippen molar-refractivity contribution in [1.29, 1.82) is 0 Å². The van der Waals surface area contributed by atoms with Crippen molar-refractivity contribution in [2.24, 2.45) is 11.8 Å². The molecule has 2 aliphatic rings. The molecule has 2 fully saturated rings. The van der Waals surface area contributed by atoms with Crippen LogP contribution >= 0.6 is 0 Å². The number of benzene rings is 2. The Morgan fingerprint density at radius 3 is 2.35 bits per heavy atom. The lowest BCUT2D eigenvalue weighted by Gasteiger charge is -2.35. The standard InChI is InChI=1S/C34H35F6N3O5/c1-47-26-7-8-27(32(46)43(20-33(35,36)37)25-4-2-3-24(16-25)34(38,39)40)29(17-26)42-13-10-21(11-14-42)19-48-30-15-23(9-12-41-30)28(18-31(44)45)22-5-6-22/h2-4,7-9,12,15-17,21-22,28H,5-6,10-11,13-14,18-20H2,1H3,(H,44,45). The largest absolute Gasteiger partial charge is 0.497 e. The van der Waals surface area contributed by atoms with Gasteiger partial charge in [-0.3, -0.25) is 14.5 Å². The third kappa shape index (κ3) is 8.90. The average Bonchev–Trinajstić information content (AvgIpc) is 3.90. The Labute approximate surface area is 273 Å². The minimum atomic E-state index is -4.89. The Balaban J connectivity index is 1.30. The highest BCUT2D eigenvalue weighted by atomic mass is 19.4. The first-order chi connectivity index (χ1) is 22.7. The van der Waals surface area contributed by atoms with Crippen LogP contribution in [0.15, 0.2) is 60.8 Å². The quantitative estimate of drug-likeness (QED) is 0.197. The number of carbonyl (C=O) groups is 2. The van der Waals surface area contributed by atoms with Crippen LogP contribution in [0, 0.1) is 11.8 Å². The molecule has 1 amide bonds. The molecule has 48 heavy (non-hydrogen) atoms. The predicted octanol–water partition coefficient (Wildman–Crippen LogP) is 7.58. The number of ether oxygens (including phenoxy) is 2. The first-order valence-corrected chi connectivity index (χ1v) is 15.5. The van der Waals surface area contributed by atoms with Crippen molar-refractivity contribution in [1.82, 2.24) is 4.98 Å². The topological polar surface area (TPSA) is 92.2 Å². The second-order valence-electron chi connectivity index (χ2n) is 12.1. The SMILES string of the molecule is COc1ccc(C(=O)N(CC(F)(F)F)c2cccc(C(F)(F)F)c2)c(N2CCC(COc3cc(C(CC(=O)O)C4CC4)ccn3)CC2)c1. The van der Waals surface area contributed by atoms with Gasteiger partial charge in [-0.15, -0.1) is 0 Å². The number of hydrogen-bond donors (Lipinski definition) is 1. The third-order valence-electron chi connectivity index (χ3n) is 8.70. The number of carboxylic acid groups (broad SMARTS) is 1. The van der Waals surface area contributed by atoms with Gasteiger partial charge in [0.05, 0.1) is 37.0 Å². The summed E-state index contributed by atoms with van der Waals surface area (Å²) in [5.74, 6) is -0.897. The first-order valence-electron chi connectivity index (χ1n) is 15.5. The molecule has 1 atom stereocenters. The number of amides is 1. The van der Waals surface area contributed by atoms with E-state index in [1.165, 1.54) is 25.3 Å². The second kappa shape index (κ2) is 14.3. The number of hydrogen-bond acceptors (Lipinski definition) is 6. The molecule has 258 valence electrons. The van der Waals surface area contributed by atoms with Gasteiger partial charge in [0.15, 0.2) is 0 Å². The maximum Gasteiger partial charge on any atom is 0.416 e. The zero-order chi connectivity index (χ0) is 34.6. The lowest BCUT2D eigenvalue weighted by Crippen LogP contribution is -2.41. The van der Waals surface area contributed by atoms with Gasteiger partial charge < -0.3 is 19.5 Å². The molecule has 0 bridgehead atoms. The molecule has 5 rings (SSSR count). The van der Waals surface area contributed by atoms with Crippen LogP contribution in [-0.2, 0) is 11.0 Å². The van der Waals surface area contributed by atoms with Gasteiger partial charge in [-0.05, 0) is 85.4 Å². The van der Waals surface area contributed by atoms with E-state index in [0.717, 1.165) is 36.6 Å². The molecular formula is C34H35F6N3O5. The molecule has 2 aromatic carbocycles. The van der Waals surface area contributed by atoms with Crippen molar-refractivity contribution in [3.63, 3.8) is 0 Å². The molecule has 1 unspecified atom stereocenters. The predicted molar refractivity (Wildman–Crippen MR) is 165 cm³/mol. The number of halogens is 6. The number of carbonyl (C=O) groups excluding carboxylic acids is 1. The smallest absolute Gasteiger partial charge is 0.416 e. The van der Waals surface area contributed by atoms with Crippen LogP contribution in [0.2, 0.25) is 0 Å². The van der Waals surface area contributed by atoms with Crippen LogP contribution in [0.25, 0.3) is 0 Å². The van der Waals surface area contributed by atoms with E-state index in [0.29, 0.717) is 66.7 Å². The zero-order valence-electron chi connectivity index (χ0n) is 26.1. The summed E-state index contributed by atoms with van der Waals surface area (Å²) in [6.45, 7) is -0.624. The van der Waals surface area contributed by atoms with E-state index in [-0.39, 0.29) is 23.8 Å². The number of carboxylic acids is 1. The molecule has 1 aliphatic heterocycles. The van der Waals surface area contributed by atoms with E-state index >= 15 is 0 Å². The van der Waals surface area contributed by atoms with Gasteiger partial charge in [-0.2, -0.15) is 26.3 Å².